The minimum absolute atomic E-state index is 0.377. The number of fused-ring (bicyclic) bond motifs is 1. The molecule has 5 rings (SSSR count). The van der Waals surface area contributed by atoms with E-state index in [1.54, 1.807) is 0 Å². The molecule has 2 aromatic heterocycles. The van der Waals surface area contributed by atoms with Crippen LogP contribution in [0.1, 0.15) is 43.4 Å². The highest BCUT2D eigenvalue weighted by atomic mass is 16.5. The van der Waals surface area contributed by atoms with Crippen molar-refractivity contribution >= 4 is 28.4 Å². The first-order valence-corrected chi connectivity index (χ1v) is 13.4. The zero-order valence-electron chi connectivity index (χ0n) is 22.2. The summed E-state index contributed by atoms with van der Waals surface area (Å²) in [4.78, 5) is 14.5. The van der Waals surface area contributed by atoms with Crippen molar-refractivity contribution in [3.63, 3.8) is 0 Å². The number of aromatic nitrogens is 2. The average Bonchev–Trinajstić information content (AvgIpc) is 3.37. The van der Waals surface area contributed by atoms with E-state index in [4.69, 9.17) is 19.1 Å². The van der Waals surface area contributed by atoms with Crippen LogP contribution >= 0.6 is 0 Å². The first-order valence-electron chi connectivity index (χ1n) is 13.4. The summed E-state index contributed by atoms with van der Waals surface area (Å²) in [5.41, 5.74) is 3.91. The molecule has 0 bridgehead atoms. The number of hydrogen-bond donors (Lipinski definition) is 2. The Morgan fingerprint density at radius 1 is 1.14 bits per heavy atom. The van der Waals surface area contributed by atoms with Gasteiger partial charge in [-0.25, -0.2) is 4.98 Å². The summed E-state index contributed by atoms with van der Waals surface area (Å²) in [5.74, 6) is 3.58. The highest BCUT2D eigenvalue weighted by Gasteiger charge is 2.26. The Labute approximate surface area is 219 Å². The number of likely N-dealkylation sites (tertiary alicyclic amines) is 1. The van der Waals surface area contributed by atoms with Crippen molar-refractivity contribution < 1.29 is 9.15 Å². The molecular formula is C29H38N6O2. The van der Waals surface area contributed by atoms with E-state index >= 15 is 0 Å². The second-order valence-corrected chi connectivity index (χ2v) is 9.80. The van der Waals surface area contributed by atoms with Gasteiger partial charge >= 0.3 is 0 Å². The fourth-order valence-corrected chi connectivity index (χ4v) is 5.14. The molecule has 8 nitrogen and oxygen atoms in total. The molecule has 2 aliphatic rings. The third-order valence-electron chi connectivity index (χ3n) is 7.06. The number of morpholine rings is 1. The maximum absolute atomic E-state index is 6.48. The molecule has 37 heavy (non-hydrogen) atoms. The van der Waals surface area contributed by atoms with Crippen LogP contribution in [0.5, 0.6) is 0 Å². The molecule has 2 aliphatic heterocycles. The van der Waals surface area contributed by atoms with Gasteiger partial charge in [0.25, 0.3) is 0 Å². The molecular weight excluding hydrogens is 464 g/mol. The summed E-state index contributed by atoms with van der Waals surface area (Å²) >= 11 is 0. The SMILES string of the molecule is CC/C=C(\C=C(/NC)Nc1nc(N2CCOCC2)c2oc(C3CCCN(C)C3)cc2n1)c1ccccc1. The number of piperidine rings is 1. The van der Waals surface area contributed by atoms with E-state index in [-0.39, 0.29) is 0 Å². The van der Waals surface area contributed by atoms with Crippen LogP contribution in [0.15, 0.2) is 58.8 Å². The zero-order chi connectivity index (χ0) is 25.6. The van der Waals surface area contributed by atoms with Gasteiger partial charge < -0.3 is 29.6 Å². The standard InChI is InChI=1S/C29H38N6O2/c1-4-9-22(21-10-6-5-7-11-21)18-26(30-2)32-29-31-24-19-25(23-12-8-13-34(3)20-23)37-27(24)28(33-29)35-14-16-36-17-15-35/h5-7,9-11,18-19,23,30H,4,8,12-17,20H2,1-3H3,(H,31,32,33)/b22-9+,26-18+. The lowest BCUT2D eigenvalue weighted by Gasteiger charge is -2.28. The number of ether oxygens (including phenoxy) is 1. The molecule has 0 saturated carbocycles. The van der Waals surface area contributed by atoms with Gasteiger partial charge in [-0.1, -0.05) is 43.3 Å². The van der Waals surface area contributed by atoms with Crippen LogP contribution in [0.2, 0.25) is 0 Å². The number of anilines is 2. The van der Waals surface area contributed by atoms with Gasteiger partial charge in [0.15, 0.2) is 11.4 Å². The molecule has 0 radical (unpaired) electrons. The maximum atomic E-state index is 6.48. The van der Waals surface area contributed by atoms with Crippen LogP contribution in [0.3, 0.4) is 0 Å². The van der Waals surface area contributed by atoms with Crippen molar-refractivity contribution in [3.05, 3.63) is 65.7 Å². The van der Waals surface area contributed by atoms with Crippen LogP contribution < -0.4 is 15.5 Å². The fourth-order valence-electron chi connectivity index (χ4n) is 5.14. The second kappa shape index (κ2) is 11.8. The Hall–Kier alpha value is -3.36. The molecule has 4 heterocycles. The monoisotopic (exact) mass is 502 g/mol. The molecule has 3 aromatic rings. The lowest BCUT2D eigenvalue weighted by Crippen LogP contribution is -2.37. The first-order chi connectivity index (χ1) is 18.1. The van der Waals surface area contributed by atoms with E-state index < -0.39 is 0 Å². The van der Waals surface area contributed by atoms with E-state index in [0.29, 0.717) is 25.1 Å². The minimum Gasteiger partial charge on any atom is -0.455 e. The zero-order valence-corrected chi connectivity index (χ0v) is 22.2. The van der Waals surface area contributed by atoms with Gasteiger partial charge in [-0.05, 0) is 50.1 Å². The van der Waals surface area contributed by atoms with Crippen LogP contribution in [0.4, 0.5) is 11.8 Å². The molecule has 2 saturated heterocycles. The Morgan fingerprint density at radius 2 is 1.95 bits per heavy atom. The number of allylic oxidation sites excluding steroid dienone is 3. The normalized spacial score (nSPS) is 19.9. The van der Waals surface area contributed by atoms with E-state index in [1.807, 2.05) is 13.1 Å². The molecule has 196 valence electrons. The highest BCUT2D eigenvalue weighted by Crippen LogP contribution is 2.35. The summed E-state index contributed by atoms with van der Waals surface area (Å²) < 4.78 is 12.1. The topological polar surface area (TPSA) is 78.7 Å². The molecule has 2 N–H and O–H groups in total. The lowest BCUT2D eigenvalue weighted by molar-refractivity contribution is 0.122. The summed E-state index contributed by atoms with van der Waals surface area (Å²) in [7, 11) is 4.09. The lowest BCUT2D eigenvalue weighted by atomic mass is 9.96. The molecule has 2 fully saturated rings. The molecule has 1 atom stereocenters. The van der Waals surface area contributed by atoms with Gasteiger partial charge in [-0.3, -0.25) is 0 Å². The number of nitrogens with one attached hydrogen (secondary N) is 2. The van der Waals surface area contributed by atoms with Gasteiger partial charge in [0.1, 0.15) is 17.1 Å². The number of benzene rings is 1. The Kier molecular flexibility index (Phi) is 8.06. The van der Waals surface area contributed by atoms with Crippen LogP contribution in [-0.4, -0.2) is 68.4 Å². The van der Waals surface area contributed by atoms with Crippen LogP contribution in [-0.2, 0) is 4.74 Å². The van der Waals surface area contributed by atoms with Crippen molar-refractivity contribution in [2.45, 2.75) is 32.1 Å². The Balaban J connectivity index is 1.50. The number of hydrogen-bond acceptors (Lipinski definition) is 8. The molecule has 1 aromatic carbocycles. The van der Waals surface area contributed by atoms with Gasteiger partial charge in [0.2, 0.25) is 5.95 Å². The summed E-state index contributed by atoms with van der Waals surface area (Å²) in [6, 6.07) is 12.5. The average molecular weight is 503 g/mol. The second-order valence-electron chi connectivity index (χ2n) is 9.80. The van der Waals surface area contributed by atoms with Crippen molar-refractivity contribution in [3.8, 4) is 0 Å². The van der Waals surface area contributed by atoms with Crippen molar-refractivity contribution in [1.29, 1.82) is 0 Å². The predicted octanol–water partition coefficient (Wildman–Crippen LogP) is 4.83. The largest absolute Gasteiger partial charge is 0.455 e. The van der Waals surface area contributed by atoms with Crippen LogP contribution in [0.25, 0.3) is 16.7 Å². The van der Waals surface area contributed by atoms with E-state index in [9.17, 15) is 0 Å². The van der Waals surface area contributed by atoms with Gasteiger partial charge in [0, 0.05) is 38.7 Å². The number of likely N-dealkylation sites (N-methyl/N-ethyl adjacent to an activating group) is 1. The van der Waals surface area contributed by atoms with E-state index in [2.05, 4.69) is 76.9 Å². The summed E-state index contributed by atoms with van der Waals surface area (Å²) in [6.07, 6.45) is 7.59. The quantitative estimate of drug-likeness (QED) is 0.424. The van der Waals surface area contributed by atoms with Gasteiger partial charge in [0.05, 0.1) is 13.2 Å². The Morgan fingerprint density at radius 3 is 2.68 bits per heavy atom. The highest BCUT2D eigenvalue weighted by molar-refractivity contribution is 5.86. The molecule has 1 unspecified atom stereocenters. The first kappa shape index (κ1) is 25.3. The summed E-state index contributed by atoms with van der Waals surface area (Å²) in [6.45, 7) is 7.21. The van der Waals surface area contributed by atoms with Crippen LogP contribution in [0, 0.1) is 0 Å². The number of rotatable bonds is 8. The smallest absolute Gasteiger partial charge is 0.231 e. The predicted molar refractivity (Wildman–Crippen MR) is 150 cm³/mol. The molecule has 0 spiro atoms. The minimum atomic E-state index is 0.377. The van der Waals surface area contributed by atoms with Crippen molar-refractivity contribution in [1.82, 2.24) is 20.2 Å². The Bertz CT molecular complexity index is 1250. The third-order valence-corrected chi connectivity index (χ3v) is 7.06. The van der Waals surface area contributed by atoms with Crippen molar-refractivity contribution in [2.75, 3.05) is 63.7 Å². The van der Waals surface area contributed by atoms with Gasteiger partial charge in [-0.15, -0.1) is 0 Å². The number of furan rings is 1. The summed E-state index contributed by atoms with van der Waals surface area (Å²) in [5, 5.41) is 6.72. The fraction of sp³-hybridized carbons (Fsp3) is 0.448. The molecule has 0 amide bonds. The molecule has 0 aliphatic carbocycles. The maximum Gasteiger partial charge on any atom is 0.231 e. The molecule has 8 heteroatoms. The van der Waals surface area contributed by atoms with Crippen molar-refractivity contribution in [2.24, 2.45) is 0 Å². The third kappa shape index (κ3) is 5.97. The number of nitrogens with zero attached hydrogens (tertiary/aromatic N) is 4. The van der Waals surface area contributed by atoms with E-state index in [0.717, 1.165) is 73.1 Å². The van der Waals surface area contributed by atoms with Gasteiger partial charge in [-0.2, -0.15) is 4.98 Å². The van der Waals surface area contributed by atoms with E-state index in [1.165, 1.54) is 12.0 Å².